The zero-order chi connectivity index (χ0) is 9.64. The number of amides is 1. The molecule has 2 fully saturated rings. The molecule has 1 amide bonds. The van der Waals surface area contributed by atoms with Crippen LogP contribution >= 0.6 is 0 Å². The third-order valence-corrected chi connectivity index (χ3v) is 3.04. The second-order valence-electron chi connectivity index (χ2n) is 4.23. The Morgan fingerprint density at radius 3 is 2.69 bits per heavy atom. The van der Waals surface area contributed by atoms with Crippen LogP contribution in [0.1, 0.15) is 26.2 Å². The van der Waals surface area contributed by atoms with Crippen molar-refractivity contribution in [2.24, 2.45) is 5.92 Å². The molecule has 0 aromatic carbocycles. The molecule has 2 nitrogen and oxygen atoms in total. The van der Waals surface area contributed by atoms with Gasteiger partial charge in [-0.05, 0) is 25.7 Å². The number of carbonyl (C=O) groups is 1. The van der Waals surface area contributed by atoms with Crippen LogP contribution in [-0.4, -0.2) is 16.3 Å². The monoisotopic (exact) mass is 177 g/mol. The maximum Gasteiger partial charge on any atom is 0.230 e. The van der Waals surface area contributed by atoms with Gasteiger partial charge in [-0.2, -0.15) is 0 Å². The predicted octanol–water partition coefficient (Wildman–Crippen LogP) is 2.09. The minimum Gasteiger partial charge on any atom is -0.307 e. The van der Waals surface area contributed by atoms with Gasteiger partial charge >= 0.3 is 0 Å². The predicted molar refractivity (Wildman–Crippen MR) is 51.9 cm³/mol. The average molecular weight is 177 g/mol. The molecule has 1 unspecified atom stereocenters. The fourth-order valence-corrected chi connectivity index (χ4v) is 1.91. The number of hydrogen-bond acceptors (Lipinski definition) is 1. The van der Waals surface area contributed by atoms with Gasteiger partial charge in [0.15, 0.2) is 0 Å². The Morgan fingerprint density at radius 1 is 1.69 bits per heavy atom. The highest BCUT2D eigenvalue weighted by atomic mass is 16.2. The van der Waals surface area contributed by atoms with Crippen molar-refractivity contribution in [2.75, 3.05) is 0 Å². The van der Waals surface area contributed by atoms with E-state index < -0.39 is 0 Å². The molecule has 1 atom stereocenters. The zero-order valence-electron chi connectivity index (χ0n) is 8.05. The number of hydrogen-bond donors (Lipinski definition) is 0. The normalized spacial score (nSPS) is 32.7. The standard InChI is InChI=1S/C11H15NO/c1-4-11(3)7-10(13)12(11)8(2)9-5-6-9/h4,9H,1-2,5-7H2,3H3. The summed E-state index contributed by atoms with van der Waals surface area (Å²) < 4.78 is 0. The number of rotatable bonds is 3. The molecule has 0 aromatic rings. The summed E-state index contributed by atoms with van der Waals surface area (Å²) in [6, 6.07) is 0. The Kier molecular flexibility index (Phi) is 1.62. The van der Waals surface area contributed by atoms with Gasteiger partial charge in [-0.3, -0.25) is 4.79 Å². The van der Waals surface area contributed by atoms with Crippen LogP contribution in [0.25, 0.3) is 0 Å². The Balaban J connectivity index is 2.15. The third-order valence-electron chi connectivity index (χ3n) is 3.04. The van der Waals surface area contributed by atoms with E-state index >= 15 is 0 Å². The highest BCUT2D eigenvalue weighted by Crippen LogP contribution is 2.45. The van der Waals surface area contributed by atoms with Gasteiger partial charge in [0.25, 0.3) is 0 Å². The minimum atomic E-state index is -0.156. The molecule has 13 heavy (non-hydrogen) atoms. The van der Waals surface area contributed by atoms with Crippen molar-refractivity contribution >= 4 is 5.91 Å². The van der Waals surface area contributed by atoms with Crippen LogP contribution in [0, 0.1) is 5.92 Å². The third kappa shape index (κ3) is 1.12. The molecule has 2 rings (SSSR count). The molecule has 0 spiro atoms. The maximum atomic E-state index is 11.4. The first kappa shape index (κ1) is 8.54. The van der Waals surface area contributed by atoms with Gasteiger partial charge in [0.1, 0.15) is 0 Å². The number of likely N-dealkylation sites (tertiary alicyclic amines) is 1. The Hall–Kier alpha value is -1.05. The van der Waals surface area contributed by atoms with Crippen molar-refractivity contribution in [3.8, 4) is 0 Å². The first-order valence-corrected chi connectivity index (χ1v) is 4.74. The summed E-state index contributed by atoms with van der Waals surface area (Å²) in [6.45, 7) is 9.79. The molecule has 1 aliphatic carbocycles. The van der Waals surface area contributed by atoms with E-state index in [1.54, 1.807) is 0 Å². The van der Waals surface area contributed by atoms with Crippen molar-refractivity contribution in [1.82, 2.24) is 4.90 Å². The van der Waals surface area contributed by atoms with Crippen LogP contribution in [0.2, 0.25) is 0 Å². The molecule has 1 heterocycles. The van der Waals surface area contributed by atoms with Crippen molar-refractivity contribution in [2.45, 2.75) is 31.7 Å². The van der Waals surface area contributed by atoms with Gasteiger partial charge in [-0.25, -0.2) is 0 Å². The van der Waals surface area contributed by atoms with Crippen LogP contribution in [0.4, 0.5) is 0 Å². The largest absolute Gasteiger partial charge is 0.307 e. The van der Waals surface area contributed by atoms with Gasteiger partial charge < -0.3 is 4.90 Å². The minimum absolute atomic E-state index is 0.156. The van der Waals surface area contributed by atoms with E-state index in [2.05, 4.69) is 13.2 Å². The van der Waals surface area contributed by atoms with Crippen molar-refractivity contribution < 1.29 is 4.79 Å². The molecule has 0 aromatic heterocycles. The number of carbonyl (C=O) groups excluding carboxylic acids is 1. The van der Waals surface area contributed by atoms with Crippen LogP contribution < -0.4 is 0 Å². The lowest BCUT2D eigenvalue weighted by molar-refractivity contribution is -0.147. The van der Waals surface area contributed by atoms with Crippen LogP contribution in [0.3, 0.4) is 0 Å². The van der Waals surface area contributed by atoms with Gasteiger partial charge in [0, 0.05) is 5.70 Å². The Morgan fingerprint density at radius 2 is 2.31 bits per heavy atom. The van der Waals surface area contributed by atoms with Gasteiger partial charge in [-0.15, -0.1) is 6.58 Å². The number of allylic oxidation sites excluding steroid dienone is 1. The van der Waals surface area contributed by atoms with E-state index in [1.807, 2.05) is 17.9 Å². The van der Waals surface area contributed by atoms with E-state index in [1.165, 1.54) is 12.8 Å². The molecule has 0 radical (unpaired) electrons. The highest BCUT2D eigenvalue weighted by Gasteiger charge is 2.48. The molecular formula is C11H15NO. The smallest absolute Gasteiger partial charge is 0.230 e. The molecular weight excluding hydrogens is 162 g/mol. The average Bonchev–Trinajstić information content (AvgIpc) is 2.85. The van der Waals surface area contributed by atoms with E-state index in [0.717, 1.165) is 5.70 Å². The van der Waals surface area contributed by atoms with E-state index in [0.29, 0.717) is 12.3 Å². The molecule has 1 saturated carbocycles. The van der Waals surface area contributed by atoms with Crippen molar-refractivity contribution in [1.29, 1.82) is 0 Å². The van der Waals surface area contributed by atoms with Crippen LogP contribution in [-0.2, 0) is 4.79 Å². The molecule has 1 aliphatic heterocycles. The highest BCUT2D eigenvalue weighted by molar-refractivity contribution is 5.87. The van der Waals surface area contributed by atoms with Crippen molar-refractivity contribution in [3.05, 3.63) is 24.9 Å². The van der Waals surface area contributed by atoms with E-state index in [9.17, 15) is 4.79 Å². The molecule has 0 bridgehead atoms. The van der Waals surface area contributed by atoms with Gasteiger partial charge in [0.2, 0.25) is 5.91 Å². The first-order chi connectivity index (χ1) is 6.08. The maximum absolute atomic E-state index is 11.4. The van der Waals surface area contributed by atoms with Crippen molar-refractivity contribution in [3.63, 3.8) is 0 Å². The molecule has 2 aliphatic rings. The Bertz CT molecular complexity index is 290. The summed E-state index contributed by atoms with van der Waals surface area (Å²) in [6.07, 6.45) is 4.82. The lowest BCUT2D eigenvalue weighted by atomic mass is 9.85. The lowest BCUT2D eigenvalue weighted by Crippen LogP contribution is -2.59. The van der Waals surface area contributed by atoms with Gasteiger partial charge in [0.05, 0.1) is 12.0 Å². The summed E-state index contributed by atoms with van der Waals surface area (Å²) in [7, 11) is 0. The lowest BCUT2D eigenvalue weighted by Gasteiger charge is -2.49. The van der Waals surface area contributed by atoms with Gasteiger partial charge in [-0.1, -0.05) is 12.7 Å². The summed E-state index contributed by atoms with van der Waals surface area (Å²) in [4.78, 5) is 13.2. The van der Waals surface area contributed by atoms with E-state index in [-0.39, 0.29) is 11.4 Å². The van der Waals surface area contributed by atoms with Crippen LogP contribution in [0.5, 0.6) is 0 Å². The fraction of sp³-hybridized carbons (Fsp3) is 0.545. The topological polar surface area (TPSA) is 20.3 Å². The SMILES string of the molecule is C=CC1(C)CC(=O)N1C(=C)C1CC1. The summed E-state index contributed by atoms with van der Waals surface area (Å²) in [5, 5.41) is 0. The number of nitrogens with zero attached hydrogens (tertiary/aromatic N) is 1. The second-order valence-corrected chi connectivity index (χ2v) is 4.23. The molecule has 70 valence electrons. The second kappa shape index (κ2) is 2.47. The molecule has 0 N–H and O–H groups in total. The summed E-state index contributed by atoms with van der Waals surface area (Å²) in [5.74, 6) is 0.753. The Labute approximate surface area is 78.9 Å². The fourth-order valence-electron chi connectivity index (χ4n) is 1.91. The summed E-state index contributed by atoms with van der Waals surface area (Å²) >= 11 is 0. The first-order valence-electron chi connectivity index (χ1n) is 4.74. The summed E-state index contributed by atoms with van der Waals surface area (Å²) in [5.41, 5.74) is 0.843. The van der Waals surface area contributed by atoms with Crippen LogP contribution in [0.15, 0.2) is 24.9 Å². The molecule has 2 heteroatoms. The zero-order valence-corrected chi connectivity index (χ0v) is 8.05. The number of β-lactam (4-membered cyclic amide) rings is 1. The quantitative estimate of drug-likeness (QED) is 0.477. The van der Waals surface area contributed by atoms with E-state index in [4.69, 9.17) is 0 Å². The molecule has 1 saturated heterocycles.